The number of aryl methyl sites for hydroxylation is 2. The van der Waals surface area contributed by atoms with Crippen LogP contribution in [-0.4, -0.2) is 19.6 Å². The van der Waals surface area contributed by atoms with E-state index in [0.717, 1.165) is 41.3 Å². The number of rotatable bonds is 2. The van der Waals surface area contributed by atoms with Crippen molar-refractivity contribution in [3.8, 4) is 5.88 Å². The van der Waals surface area contributed by atoms with E-state index in [4.69, 9.17) is 0 Å². The van der Waals surface area contributed by atoms with Gasteiger partial charge in [0.2, 0.25) is 11.8 Å². The molecule has 118 valence electrons. The SMILES string of the molecule is Oc1c(N=Nc2nc3ccccc3[nH]2)c2cccc3c2n1CCC3. The van der Waals surface area contributed by atoms with Crippen molar-refractivity contribution in [3.05, 3.63) is 48.0 Å². The van der Waals surface area contributed by atoms with Crippen LogP contribution in [-0.2, 0) is 13.0 Å². The Labute approximate surface area is 137 Å². The van der Waals surface area contributed by atoms with E-state index in [1.54, 1.807) is 0 Å². The summed E-state index contributed by atoms with van der Waals surface area (Å²) < 4.78 is 1.93. The Morgan fingerprint density at radius 2 is 2.00 bits per heavy atom. The van der Waals surface area contributed by atoms with E-state index >= 15 is 0 Å². The number of aromatic amines is 1. The van der Waals surface area contributed by atoms with Crippen molar-refractivity contribution in [1.82, 2.24) is 14.5 Å². The van der Waals surface area contributed by atoms with E-state index in [1.807, 2.05) is 41.0 Å². The standard InChI is InChI=1S/C18H15N5O/c24-17-15(12-7-3-5-11-6-4-10-23(17)16(11)12)21-22-18-19-13-8-1-2-9-14(13)20-18/h1-3,5,7-9,24H,4,6,10H2,(H,19,20). The molecule has 0 aliphatic carbocycles. The number of imidazole rings is 1. The molecule has 0 radical (unpaired) electrons. The maximum absolute atomic E-state index is 10.6. The van der Waals surface area contributed by atoms with Gasteiger partial charge in [-0.15, -0.1) is 10.2 Å². The topological polar surface area (TPSA) is 78.6 Å². The molecule has 0 unspecified atom stereocenters. The second kappa shape index (κ2) is 4.92. The fourth-order valence-electron chi connectivity index (χ4n) is 3.49. The van der Waals surface area contributed by atoms with Crippen LogP contribution in [0.5, 0.6) is 5.88 Å². The Balaban J connectivity index is 1.64. The molecule has 5 rings (SSSR count). The number of para-hydroxylation sites is 3. The minimum atomic E-state index is 0.178. The fraction of sp³-hybridized carbons (Fsp3) is 0.167. The molecule has 0 amide bonds. The van der Waals surface area contributed by atoms with Gasteiger partial charge < -0.3 is 14.7 Å². The van der Waals surface area contributed by atoms with Gasteiger partial charge in [0.1, 0.15) is 0 Å². The van der Waals surface area contributed by atoms with Crippen LogP contribution in [0.3, 0.4) is 0 Å². The molecular weight excluding hydrogens is 302 g/mol. The van der Waals surface area contributed by atoms with Gasteiger partial charge in [-0.05, 0) is 30.5 Å². The number of aromatic nitrogens is 3. The molecule has 1 aliphatic rings. The maximum Gasteiger partial charge on any atom is 0.247 e. The van der Waals surface area contributed by atoms with Crippen LogP contribution in [0, 0.1) is 0 Å². The molecule has 0 fully saturated rings. The van der Waals surface area contributed by atoms with Gasteiger partial charge in [0.15, 0.2) is 5.69 Å². The van der Waals surface area contributed by atoms with E-state index in [9.17, 15) is 5.11 Å². The van der Waals surface area contributed by atoms with E-state index in [1.165, 1.54) is 5.56 Å². The molecule has 0 atom stereocenters. The first kappa shape index (κ1) is 13.3. The average molecular weight is 317 g/mol. The van der Waals surface area contributed by atoms with E-state index in [-0.39, 0.29) is 5.88 Å². The first-order chi connectivity index (χ1) is 11.8. The van der Waals surface area contributed by atoms with Gasteiger partial charge in [-0.1, -0.05) is 30.3 Å². The normalized spacial score (nSPS) is 14.2. The van der Waals surface area contributed by atoms with Gasteiger partial charge in [0.25, 0.3) is 0 Å². The van der Waals surface area contributed by atoms with E-state index in [2.05, 4.69) is 26.3 Å². The second-order valence-electron chi connectivity index (χ2n) is 6.02. The minimum absolute atomic E-state index is 0.178. The van der Waals surface area contributed by atoms with Crippen LogP contribution in [0.1, 0.15) is 12.0 Å². The van der Waals surface area contributed by atoms with Crippen LogP contribution in [0.4, 0.5) is 11.6 Å². The largest absolute Gasteiger partial charge is 0.493 e. The van der Waals surface area contributed by atoms with Gasteiger partial charge in [-0.3, -0.25) is 0 Å². The van der Waals surface area contributed by atoms with Gasteiger partial charge >= 0.3 is 0 Å². The molecular formula is C18H15N5O. The Hall–Kier alpha value is -3.15. The molecule has 0 saturated carbocycles. The fourth-order valence-corrected chi connectivity index (χ4v) is 3.49. The van der Waals surface area contributed by atoms with Gasteiger partial charge in [0, 0.05) is 11.9 Å². The minimum Gasteiger partial charge on any atom is -0.493 e. The average Bonchev–Trinajstić information content (AvgIpc) is 3.15. The van der Waals surface area contributed by atoms with Crippen molar-refractivity contribution >= 4 is 33.6 Å². The number of fused-ring (bicyclic) bond motifs is 1. The Morgan fingerprint density at radius 3 is 2.92 bits per heavy atom. The predicted molar refractivity (Wildman–Crippen MR) is 92.2 cm³/mol. The summed E-state index contributed by atoms with van der Waals surface area (Å²) in [4.78, 5) is 7.51. The molecule has 2 N–H and O–H groups in total. The highest BCUT2D eigenvalue weighted by Crippen LogP contribution is 2.42. The molecule has 2 aromatic carbocycles. The lowest BCUT2D eigenvalue weighted by molar-refractivity contribution is 0.415. The lowest BCUT2D eigenvalue weighted by Gasteiger charge is -2.15. The second-order valence-corrected chi connectivity index (χ2v) is 6.02. The van der Waals surface area contributed by atoms with Crippen molar-refractivity contribution < 1.29 is 5.11 Å². The first-order valence-corrected chi connectivity index (χ1v) is 8.01. The van der Waals surface area contributed by atoms with Crippen molar-refractivity contribution in [1.29, 1.82) is 0 Å². The summed E-state index contributed by atoms with van der Waals surface area (Å²) in [5.41, 5.74) is 4.59. The van der Waals surface area contributed by atoms with Crippen molar-refractivity contribution in [2.24, 2.45) is 10.2 Å². The van der Waals surface area contributed by atoms with Crippen LogP contribution >= 0.6 is 0 Å². The molecule has 6 heteroatoms. The quantitative estimate of drug-likeness (QED) is 0.531. The lowest BCUT2D eigenvalue weighted by Crippen LogP contribution is -2.06. The number of H-pyrrole nitrogens is 1. The molecule has 1 aliphatic heterocycles. The number of aromatic hydroxyl groups is 1. The molecule has 24 heavy (non-hydrogen) atoms. The first-order valence-electron chi connectivity index (χ1n) is 8.01. The zero-order valence-corrected chi connectivity index (χ0v) is 12.9. The van der Waals surface area contributed by atoms with Crippen molar-refractivity contribution in [2.75, 3.05) is 0 Å². The van der Waals surface area contributed by atoms with Gasteiger partial charge in [-0.2, -0.15) is 0 Å². The Bertz CT molecular complexity index is 1070. The van der Waals surface area contributed by atoms with Crippen LogP contribution < -0.4 is 0 Å². The summed E-state index contributed by atoms with van der Waals surface area (Å²) in [6.45, 7) is 0.805. The summed E-state index contributed by atoms with van der Waals surface area (Å²) in [6.07, 6.45) is 2.05. The van der Waals surface area contributed by atoms with Crippen molar-refractivity contribution in [3.63, 3.8) is 0 Å². The highest BCUT2D eigenvalue weighted by molar-refractivity contribution is 5.97. The summed E-state index contributed by atoms with van der Waals surface area (Å²) in [6, 6.07) is 13.8. The van der Waals surface area contributed by atoms with Crippen molar-refractivity contribution in [2.45, 2.75) is 19.4 Å². The highest BCUT2D eigenvalue weighted by atomic mass is 16.3. The van der Waals surface area contributed by atoms with E-state index < -0.39 is 0 Å². The molecule has 3 heterocycles. The molecule has 6 nitrogen and oxygen atoms in total. The number of benzene rings is 2. The number of nitrogens with zero attached hydrogens (tertiary/aromatic N) is 4. The zero-order valence-electron chi connectivity index (χ0n) is 12.9. The Kier molecular flexibility index (Phi) is 2.73. The van der Waals surface area contributed by atoms with E-state index in [0.29, 0.717) is 11.6 Å². The lowest BCUT2D eigenvalue weighted by atomic mass is 10.0. The number of azo groups is 1. The van der Waals surface area contributed by atoms with Gasteiger partial charge in [-0.25, -0.2) is 4.98 Å². The number of hydrogen-bond acceptors (Lipinski definition) is 4. The zero-order chi connectivity index (χ0) is 16.1. The summed E-state index contributed by atoms with van der Waals surface area (Å²) in [5, 5.41) is 20.0. The van der Waals surface area contributed by atoms with Crippen LogP contribution in [0.2, 0.25) is 0 Å². The summed E-state index contributed by atoms with van der Waals surface area (Å²) in [5.74, 6) is 0.611. The predicted octanol–water partition coefficient (Wildman–Crippen LogP) is 4.58. The molecule has 4 aromatic rings. The third-order valence-corrected chi connectivity index (χ3v) is 4.56. The molecule has 0 bridgehead atoms. The summed E-state index contributed by atoms with van der Waals surface area (Å²) >= 11 is 0. The molecule has 0 saturated heterocycles. The maximum atomic E-state index is 10.6. The molecule has 0 spiro atoms. The Morgan fingerprint density at radius 1 is 1.08 bits per heavy atom. The monoisotopic (exact) mass is 317 g/mol. The third kappa shape index (κ3) is 1.86. The van der Waals surface area contributed by atoms with Gasteiger partial charge in [0.05, 0.1) is 16.6 Å². The van der Waals surface area contributed by atoms with Crippen LogP contribution in [0.25, 0.3) is 21.9 Å². The third-order valence-electron chi connectivity index (χ3n) is 4.56. The number of nitrogens with one attached hydrogen (secondary N) is 1. The smallest absolute Gasteiger partial charge is 0.247 e. The van der Waals surface area contributed by atoms with Crippen LogP contribution in [0.15, 0.2) is 52.7 Å². The summed E-state index contributed by atoms with van der Waals surface area (Å²) in [7, 11) is 0. The number of hydrogen-bond donors (Lipinski definition) is 2. The highest BCUT2D eigenvalue weighted by Gasteiger charge is 2.21. The molecule has 2 aromatic heterocycles.